The van der Waals surface area contributed by atoms with Gasteiger partial charge >= 0.3 is 0 Å². The zero-order valence-corrected chi connectivity index (χ0v) is 12.9. The average molecular weight is 318 g/mol. The Kier molecular flexibility index (Phi) is 3.92. The first-order chi connectivity index (χ1) is 11.3. The van der Waals surface area contributed by atoms with Crippen LogP contribution >= 0.6 is 0 Å². The normalized spacial score (nSPS) is 28.7. The van der Waals surface area contributed by atoms with E-state index in [0.29, 0.717) is 12.5 Å². The van der Waals surface area contributed by atoms with E-state index in [2.05, 4.69) is 15.3 Å². The van der Waals surface area contributed by atoms with E-state index in [1.165, 1.54) is 25.7 Å². The number of hydrogen-bond donors (Lipinski definition) is 3. The molecule has 1 saturated heterocycles. The van der Waals surface area contributed by atoms with Gasteiger partial charge in [-0.25, -0.2) is 9.97 Å². The van der Waals surface area contributed by atoms with Crippen molar-refractivity contribution in [1.82, 2.24) is 14.5 Å². The van der Waals surface area contributed by atoms with Crippen LogP contribution in [0.3, 0.4) is 0 Å². The molecule has 7 nitrogen and oxygen atoms in total. The van der Waals surface area contributed by atoms with Gasteiger partial charge < -0.3 is 20.3 Å². The molecule has 0 bridgehead atoms. The fraction of sp³-hybridized carbons (Fsp3) is 0.625. The van der Waals surface area contributed by atoms with Gasteiger partial charge in [0, 0.05) is 18.7 Å². The topological polar surface area (TPSA) is 92.4 Å². The molecule has 0 amide bonds. The quantitative estimate of drug-likeness (QED) is 0.790. The predicted molar refractivity (Wildman–Crippen MR) is 85.0 cm³/mol. The summed E-state index contributed by atoms with van der Waals surface area (Å²) in [7, 11) is 0. The molecular formula is C16H22N4O3. The summed E-state index contributed by atoms with van der Waals surface area (Å²) >= 11 is 0. The number of anilines is 1. The van der Waals surface area contributed by atoms with Crippen molar-refractivity contribution in [3.8, 4) is 0 Å². The lowest BCUT2D eigenvalue weighted by molar-refractivity contribution is -0.0432. The number of nitrogens with one attached hydrogen (secondary N) is 1. The molecule has 3 heterocycles. The second-order valence-corrected chi connectivity index (χ2v) is 6.42. The number of aromatic nitrogens is 3. The lowest BCUT2D eigenvalue weighted by atomic mass is 10.2. The van der Waals surface area contributed by atoms with Gasteiger partial charge in [-0.05, 0) is 18.9 Å². The Balaban J connectivity index is 1.62. The summed E-state index contributed by atoms with van der Waals surface area (Å²) in [5, 5.41) is 22.7. The Hall–Kier alpha value is -1.70. The second kappa shape index (κ2) is 6.07. The minimum atomic E-state index is -0.665. The molecule has 0 aromatic carbocycles. The van der Waals surface area contributed by atoms with Crippen molar-refractivity contribution >= 4 is 16.9 Å². The summed E-state index contributed by atoms with van der Waals surface area (Å²) in [6.07, 6.45) is 7.29. The van der Waals surface area contributed by atoms with Gasteiger partial charge in [-0.1, -0.05) is 12.8 Å². The first kappa shape index (κ1) is 14.9. The Labute approximate surface area is 134 Å². The highest BCUT2D eigenvalue weighted by molar-refractivity contribution is 5.85. The molecule has 124 valence electrons. The number of rotatable bonds is 4. The third-order valence-corrected chi connectivity index (χ3v) is 4.87. The van der Waals surface area contributed by atoms with E-state index in [1.54, 1.807) is 12.5 Å². The second-order valence-electron chi connectivity index (χ2n) is 6.42. The van der Waals surface area contributed by atoms with Gasteiger partial charge in [0.15, 0.2) is 5.65 Å². The van der Waals surface area contributed by atoms with E-state index in [9.17, 15) is 10.2 Å². The number of aliphatic hydroxyl groups excluding tert-OH is 2. The standard InChI is InChI=1S/C16H22N4O3/c21-8-13-12(22)7-14(23-13)20-9-18-15-11(5-6-17-16(15)20)19-10-3-1-2-4-10/h5-6,9-10,12-14,21-22H,1-4,7-8H2,(H,17,19)/t12-,13+,14+/m0/s1. The lowest BCUT2D eigenvalue weighted by Gasteiger charge is -2.15. The smallest absolute Gasteiger partial charge is 0.164 e. The molecule has 1 saturated carbocycles. The Morgan fingerprint density at radius 1 is 1.30 bits per heavy atom. The summed E-state index contributed by atoms with van der Waals surface area (Å²) in [6.45, 7) is -0.188. The molecule has 23 heavy (non-hydrogen) atoms. The highest BCUT2D eigenvalue weighted by atomic mass is 16.5. The van der Waals surface area contributed by atoms with Crippen molar-refractivity contribution in [3.05, 3.63) is 18.6 Å². The van der Waals surface area contributed by atoms with Gasteiger partial charge in [-0.3, -0.25) is 4.57 Å². The molecule has 2 aromatic heterocycles. The maximum absolute atomic E-state index is 9.92. The summed E-state index contributed by atoms with van der Waals surface area (Å²) in [5.41, 5.74) is 2.56. The molecule has 0 unspecified atom stereocenters. The number of hydrogen-bond acceptors (Lipinski definition) is 6. The summed E-state index contributed by atoms with van der Waals surface area (Å²) in [4.78, 5) is 8.93. The van der Waals surface area contributed by atoms with Gasteiger partial charge in [0.2, 0.25) is 0 Å². The Morgan fingerprint density at radius 2 is 2.13 bits per heavy atom. The van der Waals surface area contributed by atoms with Crippen LogP contribution in [0.25, 0.3) is 11.2 Å². The van der Waals surface area contributed by atoms with Crippen LogP contribution in [-0.2, 0) is 4.74 Å². The van der Waals surface area contributed by atoms with E-state index in [4.69, 9.17) is 4.74 Å². The van der Waals surface area contributed by atoms with E-state index in [-0.39, 0.29) is 12.8 Å². The number of ether oxygens (including phenoxy) is 1. The molecule has 2 aliphatic rings. The number of imidazole rings is 1. The summed E-state index contributed by atoms with van der Waals surface area (Å²) in [5.74, 6) is 0. The maximum Gasteiger partial charge on any atom is 0.164 e. The van der Waals surface area contributed by atoms with Crippen LogP contribution in [0.15, 0.2) is 18.6 Å². The Bertz CT molecular complexity index is 683. The van der Waals surface area contributed by atoms with E-state index in [0.717, 1.165) is 16.9 Å². The zero-order chi connectivity index (χ0) is 15.8. The third-order valence-electron chi connectivity index (χ3n) is 4.87. The van der Waals surface area contributed by atoms with Crippen LogP contribution in [0.5, 0.6) is 0 Å². The molecule has 1 aliphatic heterocycles. The highest BCUT2D eigenvalue weighted by Crippen LogP contribution is 2.32. The molecule has 2 fully saturated rings. The van der Waals surface area contributed by atoms with E-state index < -0.39 is 12.2 Å². The number of aliphatic hydroxyl groups is 2. The van der Waals surface area contributed by atoms with Crippen molar-refractivity contribution in [2.75, 3.05) is 11.9 Å². The minimum absolute atomic E-state index is 0.188. The van der Waals surface area contributed by atoms with Gasteiger partial charge in [-0.15, -0.1) is 0 Å². The lowest BCUT2D eigenvalue weighted by Crippen LogP contribution is -2.24. The number of fused-ring (bicyclic) bond motifs is 1. The SMILES string of the molecule is OC[C@H]1O[C@@H](n2cnc3c(NC4CCCC4)ccnc32)C[C@@H]1O. The van der Waals surface area contributed by atoms with Crippen molar-refractivity contribution in [3.63, 3.8) is 0 Å². The van der Waals surface area contributed by atoms with E-state index >= 15 is 0 Å². The van der Waals surface area contributed by atoms with Gasteiger partial charge in [0.25, 0.3) is 0 Å². The van der Waals surface area contributed by atoms with Crippen LogP contribution in [0.1, 0.15) is 38.3 Å². The van der Waals surface area contributed by atoms with Crippen LogP contribution in [0.4, 0.5) is 5.69 Å². The van der Waals surface area contributed by atoms with Crippen molar-refractivity contribution in [2.45, 2.75) is 56.6 Å². The fourth-order valence-corrected chi connectivity index (χ4v) is 3.60. The van der Waals surface area contributed by atoms with Crippen LogP contribution in [0.2, 0.25) is 0 Å². The molecule has 3 atom stereocenters. The largest absolute Gasteiger partial charge is 0.394 e. The predicted octanol–water partition coefficient (Wildman–Crippen LogP) is 1.43. The van der Waals surface area contributed by atoms with Crippen molar-refractivity contribution in [2.24, 2.45) is 0 Å². The minimum Gasteiger partial charge on any atom is -0.394 e. The first-order valence-electron chi connectivity index (χ1n) is 8.28. The van der Waals surface area contributed by atoms with Crippen molar-refractivity contribution in [1.29, 1.82) is 0 Å². The maximum atomic E-state index is 9.92. The average Bonchev–Trinajstić information content (AvgIpc) is 3.26. The van der Waals surface area contributed by atoms with Gasteiger partial charge in [0.05, 0.1) is 24.7 Å². The van der Waals surface area contributed by atoms with Crippen molar-refractivity contribution < 1.29 is 14.9 Å². The molecule has 1 aliphatic carbocycles. The molecule has 3 N–H and O–H groups in total. The number of pyridine rings is 1. The zero-order valence-electron chi connectivity index (χ0n) is 12.9. The molecule has 7 heteroatoms. The fourth-order valence-electron chi connectivity index (χ4n) is 3.60. The van der Waals surface area contributed by atoms with Gasteiger partial charge in [0.1, 0.15) is 17.8 Å². The van der Waals surface area contributed by atoms with Gasteiger partial charge in [-0.2, -0.15) is 0 Å². The van der Waals surface area contributed by atoms with Crippen LogP contribution in [-0.4, -0.2) is 49.6 Å². The third kappa shape index (κ3) is 2.69. The van der Waals surface area contributed by atoms with Crippen LogP contribution in [0, 0.1) is 0 Å². The molecule has 4 rings (SSSR count). The number of nitrogens with zero attached hydrogens (tertiary/aromatic N) is 3. The van der Waals surface area contributed by atoms with Crippen LogP contribution < -0.4 is 5.32 Å². The molecule has 2 aromatic rings. The first-order valence-corrected chi connectivity index (χ1v) is 8.28. The monoisotopic (exact) mass is 318 g/mol. The molecule has 0 radical (unpaired) electrons. The Morgan fingerprint density at radius 3 is 2.87 bits per heavy atom. The summed E-state index contributed by atoms with van der Waals surface area (Å²) in [6, 6.07) is 2.47. The molecule has 0 spiro atoms. The van der Waals surface area contributed by atoms with E-state index in [1.807, 2.05) is 10.6 Å². The summed E-state index contributed by atoms with van der Waals surface area (Å²) < 4.78 is 7.55. The molecular weight excluding hydrogens is 296 g/mol. The highest BCUT2D eigenvalue weighted by Gasteiger charge is 2.35.